The molecule has 0 saturated carbocycles. The third-order valence-corrected chi connectivity index (χ3v) is 2.45. The van der Waals surface area contributed by atoms with Gasteiger partial charge in [0.05, 0.1) is 23.9 Å². The molecular formula is C12H15N3O. The first-order chi connectivity index (χ1) is 7.72. The fraction of sp³-hybridized carbons (Fsp3) is 0.333. The van der Waals surface area contributed by atoms with Gasteiger partial charge in [-0.15, -0.1) is 0 Å². The molecule has 4 nitrogen and oxygen atoms in total. The highest BCUT2D eigenvalue weighted by molar-refractivity contribution is 5.70. The molecule has 0 saturated heterocycles. The fourth-order valence-electron chi connectivity index (χ4n) is 1.49. The average Bonchev–Trinajstić information content (AvgIpc) is 2.76. The van der Waals surface area contributed by atoms with Crippen molar-refractivity contribution in [1.82, 2.24) is 9.97 Å². The van der Waals surface area contributed by atoms with E-state index in [0.29, 0.717) is 0 Å². The van der Waals surface area contributed by atoms with Gasteiger partial charge in [-0.1, -0.05) is 0 Å². The molecule has 0 spiro atoms. The second-order valence-electron chi connectivity index (χ2n) is 3.63. The zero-order valence-corrected chi connectivity index (χ0v) is 9.74. The number of hydrogen-bond acceptors (Lipinski definition) is 4. The Bertz CT molecular complexity index is 477. The number of nitrogens with zero attached hydrogens (tertiary/aromatic N) is 2. The topological polar surface area (TPSA) is 51.0 Å². The monoisotopic (exact) mass is 217 g/mol. The van der Waals surface area contributed by atoms with Crippen LogP contribution in [0.3, 0.4) is 0 Å². The number of nitrogens with one attached hydrogen (secondary N) is 1. The van der Waals surface area contributed by atoms with Crippen LogP contribution in [0.1, 0.15) is 18.3 Å². The SMILES string of the molecule is CCNc1nc(C)c(C)nc1-c1ccoc1. The highest BCUT2D eigenvalue weighted by Crippen LogP contribution is 2.25. The van der Waals surface area contributed by atoms with E-state index in [9.17, 15) is 0 Å². The minimum atomic E-state index is 0.812. The van der Waals surface area contributed by atoms with Crippen molar-refractivity contribution in [3.05, 3.63) is 30.0 Å². The predicted molar refractivity (Wildman–Crippen MR) is 63.4 cm³/mol. The summed E-state index contributed by atoms with van der Waals surface area (Å²) in [6, 6.07) is 1.89. The predicted octanol–water partition coefficient (Wildman–Crippen LogP) is 2.79. The summed E-state index contributed by atoms with van der Waals surface area (Å²) in [5, 5.41) is 3.22. The molecule has 0 bridgehead atoms. The lowest BCUT2D eigenvalue weighted by Gasteiger charge is -2.10. The Balaban J connectivity index is 2.54. The minimum Gasteiger partial charge on any atom is -0.472 e. The number of hydrogen-bond donors (Lipinski definition) is 1. The Morgan fingerprint density at radius 3 is 2.62 bits per heavy atom. The minimum absolute atomic E-state index is 0.812. The van der Waals surface area contributed by atoms with E-state index in [2.05, 4.69) is 15.3 Å². The van der Waals surface area contributed by atoms with Crippen LogP contribution in [0.25, 0.3) is 11.3 Å². The van der Waals surface area contributed by atoms with Gasteiger partial charge in [0.1, 0.15) is 5.69 Å². The molecular weight excluding hydrogens is 202 g/mol. The highest BCUT2D eigenvalue weighted by atomic mass is 16.3. The second-order valence-corrected chi connectivity index (χ2v) is 3.63. The largest absolute Gasteiger partial charge is 0.472 e. The van der Waals surface area contributed by atoms with Crippen LogP contribution in [-0.4, -0.2) is 16.5 Å². The van der Waals surface area contributed by atoms with Crippen molar-refractivity contribution in [3.8, 4) is 11.3 Å². The van der Waals surface area contributed by atoms with Gasteiger partial charge in [-0.25, -0.2) is 9.97 Å². The summed E-state index contributed by atoms with van der Waals surface area (Å²) in [5.74, 6) is 0.812. The van der Waals surface area contributed by atoms with E-state index in [1.807, 2.05) is 26.8 Å². The summed E-state index contributed by atoms with van der Waals surface area (Å²) in [4.78, 5) is 9.05. The Kier molecular flexibility index (Phi) is 2.90. The number of furan rings is 1. The maximum atomic E-state index is 5.08. The molecule has 0 aliphatic rings. The van der Waals surface area contributed by atoms with Crippen LogP contribution in [0, 0.1) is 13.8 Å². The number of aryl methyl sites for hydroxylation is 2. The van der Waals surface area contributed by atoms with Crippen LogP contribution in [0.4, 0.5) is 5.82 Å². The lowest BCUT2D eigenvalue weighted by Crippen LogP contribution is -2.05. The van der Waals surface area contributed by atoms with Gasteiger partial charge >= 0.3 is 0 Å². The van der Waals surface area contributed by atoms with Gasteiger partial charge in [-0.05, 0) is 26.8 Å². The molecule has 4 heteroatoms. The number of aromatic nitrogens is 2. The van der Waals surface area contributed by atoms with Crippen LogP contribution in [0.2, 0.25) is 0 Å². The Morgan fingerprint density at radius 1 is 1.25 bits per heavy atom. The molecule has 0 fully saturated rings. The van der Waals surface area contributed by atoms with Crippen molar-refractivity contribution in [2.45, 2.75) is 20.8 Å². The summed E-state index contributed by atoms with van der Waals surface area (Å²) in [5.41, 5.74) is 3.69. The van der Waals surface area contributed by atoms with Crippen molar-refractivity contribution in [3.63, 3.8) is 0 Å². The van der Waals surface area contributed by atoms with Gasteiger partial charge in [0.25, 0.3) is 0 Å². The molecule has 84 valence electrons. The average molecular weight is 217 g/mol. The van der Waals surface area contributed by atoms with E-state index in [0.717, 1.165) is 35.0 Å². The van der Waals surface area contributed by atoms with Crippen molar-refractivity contribution in [2.75, 3.05) is 11.9 Å². The molecule has 0 unspecified atom stereocenters. The van der Waals surface area contributed by atoms with E-state index in [1.165, 1.54) is 0 Å². The Morgan fingerprint density at radius 2 is 2.00 bits per heavy atom. The van der Waals surface area contributed by atoms with Gasteiger partial charge in [0.15, 0.2) is 5.82 Å². The first kappa shape index (κ1) is 10.7. The molecule has 0 amide bonds. The fourth-order valence-corrected chi connectivity index (χ4v) is 1.49. The van der Waals surface area contributed by atoms with Gasteiger partial charge in [-0.3, -0.25) is 0 Å². The molecule has 0 aliphatic carbocycles. The Hall–Kier alpha value is -1.84. The normalized spacial score (nSPS) is 10.4. The summed E-state index contributed by atoms with van der Waals surface area (Å²) >= 11 is 0. The zero-order valence-electron chi connectivity index (χ0n) is 9.74. The summed E-state index contributed by atoms with van der Waals surface area (Å²) in [6.45, 7) is 6.78. The summed E-state index contributed by atoms with van der Waals surface area (Å²) in [6.07, 6.45) is 3.32. The molecule has 2 aromatic rings. The third kappa shape index (κ3) is 1.91. The quantitative estimate of drug-likeness (QED) is 0.858. The van der Waals surface area contributed by atoms with Crippen LogP contribution < -0.4 is 5.32 Å². The highest BCUT2D eigenvalue weighted by Gasteiger charge is 2.11. The van der Waals surface area contributed by atoms with Crippen molar-refractivity contribution in [1.29, 1.82) is 0 Å². The summed E-state index contributed by atoms with van der Waals surface area (Å²) in [7, 11) is 0. The van der Waals surface area contributed by atoms with Crippen LogP contribution in [-0.2, 0) is 0 Å². The van der Waals surface area contributed by atoms with Gasteiger partial charge in [-0.2, -0.15) is 0 Å². The molecule has 2 heterocycles. The second kappa shape index (κ2) is 4.35. The molecule has 1 N–H and O–H groups in total. The van der Waals surface area contributed by atoms with Crippen molar-refractivity contribution in [2.24, 2.45) is 0 Å². The molecule has 0 atom stereocenters. The van der Waals surface area contributed by atoms with E-state index >= 15 is 0 Å². The van der Waals surface area contributed by atoms with E-state index in [1.54, 1.807) is 12.5 Å². The van der Waals surface area contributed by atoms with Crippen LogP contribution in [0.15, 0.2) is 23.0 Å². The molecule has 2 rings (SSSR count). The standard InChI is InChI=1S/C12H15N3O/c1-4-13-12-11(10-5-6-16-7-10)14-8(2)9(3)15-12/h5-7H,4H2,1-3H3,(H,13,15). The first-order valence-electron chi connectivity index (χ1n) is 5.34. The van der Waals surface area contributed by atoms with Gasteiger partial charge in [0, 0.05) is 12.1 Å². The van der Waals surface area contributed by atoms with Crippen molar-refractivity contribution >= 4 is 5.82 Å². The number of anilines is 1. The van der Waals surface area contributed by atoms with E-state index in [-0.39, 0.29) is 0 Å². The third-order valence-electron chi connectivity index (χ3n) is 2.45. The maximum absolute atomic E-state index is 5.08. The van der Waals surface area contributed by atoms with Gasteiger partial charge in [0.2, 0.25) is 0 Å². The molecule has 0 radical (unpaired) electrons. The van der Waals surface area contributed by atoms with Crippen LogP contribution in [0.5, 0.6) is 0 Å². The molecule has 16 heavy (non-hydrogen) atoms. The number of rotatable bonds is 3. The lowest BCUT2D eigenvalue weighted by molar-refractivity contribution is 0.568. The molecule has 0 aromatic carbocycles. The van der Waals surface area contributed by atoms with E-state index in [4.69, 9.17) is 4.42 Å². The van der Waals surface area contributed by atoms with Crippen LogP contribution >= 0.6 is 0 Å². The maximum Gasteiger partial charge on any atom is 0.153 e. The first-order valence-corrected chi connectivity index (χ1v) is 5.34. The zero-order chi connectivity index (χ0) is 11.5. The van der Waals surface area contributed by atoms with Gasteiger partial charge < -0.3 is 9.73 Å². The van der Waals surface area contributed by atoms with Crippen molar-refractivity contribution < 1.29 is 4.42 Å². The molecule has 0 aliphatic heterocycles. The lowest BCUT2D eigenvalue weighted by atomic mass is 10.2. The Labute approximate surface area is 94.7 Å². The summed E-state index contributed by atoms with van der Waals surface area (Å²) < 4.78 is 5.08. The molecule has 2 aromatic heterocycles. The smallest absolute Gasteiger partial charge is 0.153 e. The van der Waals surface area contributed by atoms with E-state index < -0.39 is 0 Å².